The molecule has 0 aromatic heterocycles. The fourth-order valence-corrected chi connectivity index (χ4v) is 2.99. The molecule has 2 aromatic rings. The zero-order valence-electron chi connectivity index (χ0n) is 11.3. The van der Waals surface area contributed by atoms with Crippen molar-refractivity contribution in [1.82, 2.24) is 4.90 Å². The number of fused-ring (bicyclic) bond motifs is 2. The largest absolute Gasteiger partial charge is 0.454 e. The standard InChI is InChI=1S/C17H17NO2/c1-2-4-15-11-18(8-7-14(15)3-1)10-13-5-6-16-17(9-13)20-12-19-16/h1-6,9H,7-8,10-12H2. The number of rotatable bonds is 2. The summed E-state index contributed by atoms with van der Waals surface area (Å²) in [4.78, 5) is 2.49. The molecule has 3 nitrogen and oxygen atoms in total. The van der Waals surface area contributed by atoms with Crippen molar-refractivity contribution in [3.05, 3.63) is 59.2 Å². The summed E-state index contributed by atoms with van der Waals surface area (Å²) in [6.07, 6.45) is 1.14. The lowest BCUT2D eigenvalue weighted by Crippen LogP contribution is -2.29. The second kappa shape index (κ2) is 4.84. The summed E-state index contributed by atoms with van der Waals surface area (Å²) in [6, 6.07) is 15.0. The first kappa shape index (κ1) is 11.8. The molecule has 0 N–H and O–H groups in total. The summed E-state index contributed by atoms with van der Waals surface area (Å²) in [5, 5.41) is 0. The molecule has 102 valence electrons. The zero-order chi connectivity index (χ0) is 13.4. The van der Waals surface area contributed by atoms with Crippen LogP contribution in [-0.2, 0) is 19.5 Å². The van der Waals surface area contributed by atoms with Gasteiger partial charge in [-0.05, 0) is 35.2 Å². The van der Waals surface area contributed by atoms with Crippen molar-refractivity contribution < 1.29 is 9.47 Å². The quantitative estimate of drug-likeness (QED) is 0.835. The Morgan fingerprint density at radius 3 is 2.75 bits per heavy atom. The summed E-state index contributed by atoms with van der Waals surface area (Å²) in [6.45, 7) is 3.46. The van der Waals surface area contributed by atoms with E-state index < -0.39 is 0 Å². The first-order valence-corrected chi connectivity index (χ1v) is 7.06. The minimum Gasteiger partial charge on any atom is -0.454 e. The van der Waals surface area contributed by atoms with Gasteiger partial charge >= 0.3 is 0 Å². The average molecular weight is 267 g/mol. The van der Waals surface area contributed by atoms with Crippen LogP contribution < -0.4 is 9.47 Å². The lowest BCUT2D eigenvalue weighted by molar-refractivity contribution is 0.174. The number of ether oxygens (including phenoxy) is 2. The molecule has 0 amide bonds. The summed E-state index contributed by atoms with van der Waals surface area (Å²) in [5.41, 5.74) is 4.24. The van der Waals surface area contributed by atoms with E-state index in [1.807, 2.05) is 6.07 Å². The normalized spacial score (nSPS) is 17.0. The Bertz CT molecular complexity index is 639. The minimum absolute atomic E-state index is 0.343. The van der Waals surface area contributed by atoms with Crippen LogP contribution in [0, 0.1) is 0 Å². The van der Waals surface area contributed by atoms with Crippen LogP contribution in [0.3, 0.4) is 0 Å². The van der Waals surface area contributed by atoms with Gasteiger partial charge in [0.2, 0.25) is 6.79 Å². The molecular weight excluding hydrogens is 250 g/mol. The second-order valence-electron chi connectivity index (χ2n) is 5.42. The van der Waals surface area contributed by atoms with Crippen LogP contribution in [0.2, 0.25) is 0 Å². The van der Waals surface area contributed by atoms with Crippen LogP contribution in [0.4, 0.5) is 0 Å². The predicted octanol–water partition coefficient (Wildman–Crippen LogP) is 2.97. The van der Waals surface area contributed by atoms with Crippen molar-refractivity contribution in [3.63, 3.8) is 0 Å². The second-order valence-corrected chi connectivity index (χ2v) is 5.42. The Morgan fingerprint density at radius 1 is 0.950 bits per heavy atom. The van der Waals surface area contributed by atoms with Crippen LogP contribution in [0.25, 0.3) is 0 Å². The van der Waals surface area contributed by atoms with Crippen LogP contribution in [0.15, 0.2) is 42.5 Å². The van der Waals surface area contributed by atoms with E-state index in [4.69, 9.17) is 9.47 Å². The van der Waals surface area contributed by atoms with Crippen molar-refractivity contribution in [2.75, 3.05) is 13.3 Å². The van der Waals surface area contributed by atoms with Gasteiger partial charge in [-0.3, -0.25) is 4.90 Å². The Morgan fingerprint density at radius 2 is 1.80 bits per heavy atom. The molecule has 20 heavy (non-hydrogen) atoms. The van der Waals surface area contributed by atoms with Gasteiger partial charge in [0.1, 0.15) is 0 Å². The van der Waals surface area contributed by atoms with E-state index in [-0.39, 0.29) is 0 Å². The molecule has 0 radical (unpaired) electrons. The third kappa shape index (κ3) is 2.14. The lowest BCUT2D eigenvalue weighted by atomic mass is 9.99. The molecule has 0 unspecified atom stereocenters. The third-order valence-electron chi connectivity index (χ3n) is 4.05. The molecule has 4 rings (SSSR count). The van der Waals surface area contributed by atoms with Crippen molar-refractivity contribution in [2.45, 2.75) is 19.5 Å². The number of hydrogen-bond donors (Lipinski definition) is 0. The van der Waals surface area contributed by atoms with Crippen molar-refractivity contribution in [3.8, 4) is 11.5 Å². The first-order chi connectivity index (χ1) is 9.88. The highest BCUT2D eigenvalue weighted by atomic mass is 16.7. The monoisotopic (exact) mass is 267 g/mol. The van der Waals surface area contributed by atoms with E-state index in [0.29, 0.717) is 6.79 Å². The molecule has 0 saturated carbocycles. The molecule has 2 heterocycles. The van der Waals surface area contributed by atoms with Crippen LogP contribution in [0.5, 0.6) is 11.5 Å². The van der Waals surface area contributed by atoms with Gasteiger partial charge < -0.3 is 9.47 Å². The smallest absolute Gasteiger partial charge is 0.231 e. The number of hydrogen-bond acceptors (Lipinski definition) is 3. The molecule has 0 aliphatic carbocycles. The van der Waals surface area contributed by atoms with Gasteiger partial charge in [0.25, 0.3) is 0 Å². The molecule has 3 heteroatoms. The van der Waals surface area contributed by atoms with E-state index in [9.17, 15) is 0 Å². The maximum atomic E-state index is 5.44. The van der Waals surface area contributed by atoms with E-state index >= 15 is 0 Å². The highest BCUT2D eigenvalue weighted by Crippen LogP contribution is 2.33. The zero-order valence-corrected chi connectivity index (χ0v) is 11.3. The molecule has 0 fully saturated rings. The summed E-state index contributed by atoms with van der Waals surface area (Å²) in [5.74, 6) is 1.73. The summed E-state index contributed by atoms with van der Waals surface area (Å²) >= 11 is 0. The van der Waals surface area contributed by atoms with Gasteiger partial charge in [0.15, 0.2) is 11.5 Å². The van der Waals surface area contributed by atoms with Gasteiger partial charge in [-0.1, -0.05) is 30.3 Å². The van der Waals surface area contributed by atoms with Gasteiger partial charge in [-0.2, -0.15) is 0 Å². The van der Waals surface area contributed by atoms with Crippen LogP contribution >= 0.6 is 0 Å². The fourth-order valence-electron chi connectivity index (χ4n) is 2.99. The topological polar surface area (TPSA) is 21.7 Å². The van der Waals surface area contributed by atoms with Gasteiger partial charge in [-0.15, -0.1) is 0 Å². The van der Waals surface area contributed by atoms with Gasteiger partial charge in [0, 0.05) is 19.6 Å². The van der Waals surface area contributed by atoms with E-state index in [0.717, 1.165) is 37.6 Å². The highest BCUT2D eigenvalue weighted by Gasteiger charge is 2.18. The third-order valence-corrected chi connectivity index (χ3v) is 4.05. The number of benzene rings is 2. The Balaban J connectivity index is 1.50. The maximum absolute atomic E-state index is 5.44. The van der Waals surface area contributed by atoms with E-state index in [1.165, 1.54) is 16.7 Å². The first-order valence-electron chi connectivity index (χ1n) is 7.06. The Labute approximate surface area is 118 Å². The Hall–Kier alpha value is -2.00. The molecule has 2 aliphatic heterocycles. The minimum atomic E-state index is 0.343. The van der Waals surface area contributed by atoms with Crippen molar-refractivity contribution >= 4 is 0 Å². The van der Waals surface area contributed by atoms with Crippen LogP contribution in [0.1, 0.15) is 16.7 Å². The van der Waals surface area contributed by atoms with Crippen molar-refractivity contribution in [1.29, 1.82) is 0 Å². The molecular formula is C17H17NO2. The van der Waals surface area contributed by atoms with E-state index in [1.54, 1.807) is 0 Å². The van der Waals surface area contributed by atoms with Crippen LogP contribution in [-0.4, -0.2) is 18.2 Å². The highest BCUT2D eigenvalue weighted by molar-refractivity contribution is 5.44. The fraction of sp³-hybridized carbons (Fsp3) is 0.294. The summed E-state index contributed by atoms with van der Waals surface area (Å²) in [7, 11) is 0. The van der Waals surface area contributed by atoms with Crippen molar-refractivity contribution in [2.24, 2.45) is 0 Å². The summed E-state index contributed by atoms with van der Waals surface area (Å²) < 4.78 is 10.8. The molecule has 0 saturated heterocycles. The van der Waals surface area contributed by atoms with E-state index in [2.05, 4.69) is 41.3 Å². The van der Waals surface area contributed by atoms with Gasteiger partial charge in [0.05, 0.1) is 0 Å². The lowest BCUT2D eigenvalue weighted by Gasteiger charge is -2.28. The molecule has 0 bridgehead atoms. The van der Waals surface area contributed by atoms with Gasteiger partial charge in [-0.25, -0.2) is 0 Å². The molecule has 2 aromatic carbocycles. The maximum Gasteiger partial charge on any atom is 0.231 e. The average Bonchev–Trinajstić information content (AvgIpc) is 2.95. The predicted molar refractivity (Wildman–Crippen MR) is 76.8 cm³/mol. The SMILES string of the molecule is c1ccc2c(c1)CCN(Cc1ccc3c(c1)OCO3)C2. The Kier molecular flexibility index (Phi) is 2.85. The molecule has 0 spiro atoms. The molecule has 0 atom stereocenters. The molecule has 2 aliphatic rings. The number of nitrogens with zero attached hydrogens (tertiary/aromatic N) is 1.